The van der Waals surface area contributed by atoms with Crippen LogP contribution in [0, 0.1) is 5.92 Å². The molecule has 1 unspecified atom stereocenters. The van der Waals surface area contributed by atoms with Crippen molar-refractivity contribution in [3.8, 4) is 12.0 Å². The number of aromatic nitrogens is 3. The summed E-state index contributed by atoms with van der Waals surface area (Å²) in [6.45, 7) is 3.43. The lowest BCUT2D eigenvalue weighted by molar-refractivity contribution is 0.340. The van der Waals surface area contributed by atoms with E-state index in [1.807, 2.05) is 11.9 Å². The molecule has 1 heterocycles. The molecule has 0 aliphatic heterocycles. The van der Waals surface area contributed by atoms with E-state index < -0.39 is 0 Å². The van der Waals surface area contributed by atoms with E-state index in [4.69, 9.17) is 15.2 Å². The Balaban J connectivity index is 2.88. The van der Waals surface area contributed by atoms with Crippen molar-refractivity contribution in [2.75, 3.05) is 39.3 Å². The van der Waals surface area contributed by atoms with Gasteiger partial charge in [-0.05, 0) is 12.5 Å². The molecule has 0 fully saturated rings. The van der Waals surface area contributed by atoms with Crippen LogP contribution in [0.2, 0.25) is 0 Å². The zero-order chi connectivity index (χ0) is 12.8. The van der Waals surface area contributed by atoms with Gasteiger partial charge >= 0.3 is 12.0 Å². The molecule has 1 atom stereocenters. The Kier molecular flexibility index (Phi) is 4.89. The lowest BCUT2D eigenvalue weighted by Crippen LogP contribution is -2.29. The summed E-state index contributed by atoms with van der Waals surface area (Å²) >= 11 is 0. The van der Waals surface area contributed by atoms with E-state index in [-0.39, 0.29) is 12.0 Å². The van der Waals surface area contributed by atoms with Gasteiger partial charge in [0, 0.05) is 13.6 Å². The van der Waals surface area contributed by atoms with Gasteiger partial charge in [-0.15, -0.1) is 4.98 Å². The van der Waals surface area contributed by atoms with E-state index in [1.165, 1.54) is 14.2 Å². The first-order chi connectivity index (χ1) is 8.10. The fraction of sp³-hybridized carbons (Fsp3) is 0.700. The van der Waals surface area contributed by atoms with Crippen molar-refractivity contribution in [3.63, 3.8) is 0 Å². The van der Waals surface area contributed by atoms with Crippen LogP contribution in [0.3, 0.4) is 0 Å². The third-order valence-electron chi connectivity index (χ3n) is 2.28. The molecule has 0 saturated carbocycles. The average Bonchev–Trinajstić information content (AvgIpc) is 2.37. The smallest absolute Gasteiger partial charge is 0.324 e. The van der Waals surface area contributed by atoms with Gasteiger partial charge in [-0.1, -0.05) is 6.92 Å². The van der Waals surface area contributed by atoms with Crippen LogP contribution in [-0.4, -0.2) is 49.3 Å². The number of ether oxygens (including phenoxy) is 2. The van der Waals surface area contributed by atoms with E-state index in [2.05, 4.69) is 21.9 Å². The Bertz CT molecular complexity index is 338. The Morgan fingerprint density at radius 1 is 1.18 bits per heavy atom. The molecule has 96 valence electrons. The highest BCUT2D eigenvalue weighted by atomic mass is 16.5. The topological polar surface area (TPSA) is 86.4 Å². The summed E-state index contributed by atoms with van der Waals surface area (Å²) in [6, 6.07) is 0.471. The molecule has 0 spiro atoms. The van der Waals surface area contributed by atoms with Crippen LogP contribution in [0.15, 0.2) is 0 Å². The van der Waals surface area contributed by atoms with E-state index in [0.29, 0.717) is 18.4 Å². The number of hydrogen-bond donors (Lipinski definition) is 1. The van der Waals surface area contributed by atoms with Crippen LogP contribution >= 0.6 is 0 Å². The van der Waals surface area contributed by atoms with Crippen molar-refractivity contribution in [1.29, 1.82) is 0 Å². The van der Waals surface area contributed by atoms with Crippen molar-refractivity contribution in [2.24, 2.45) is 11.7 Å². The van der Waals surface area contributed by atoms with Gasteiger partial charge in [-0.2, -0.15) is 9.97 Å². The van der Waals surface area contributed by atoms with E-state index in [9.17, 15) is 0 Å². The number of hydrogen-bond acceptors (Lipinski definition) is 7. The van der Waals surface area contributed by atoms with Gasteiger partial charge in [0.1, 0.15) is 0 Å². The molecular weight excluding hydrogens is 222 g/mol. The minimum absolute atomic E-state index is 0.235. The van der Waals surface area contributed by atoms with Crippen LogP contribution in [0.4, 0.5) is 5.95 Å². The third kappa shape index (κ3) is 3.70. The van der Waals surface area contributed by atoms with Gasteiger partial charge in [0.25, 0.3) is 0 Å². The van der Waals surface area contributed by atoms with E-state index >= 15 is 0 Å². The van der Waals surface area contributed by atoms with Crippen LogP contribution in [0.1, 0.15) is 6.92 Å². The highest BCUT2D eigenvalue weighted by molar-refractivity contribution is 5.30. The van der Waals surface area contributed by atoms with Crippen molar-refractivity contribution in [1.82, 2.24) is 15.0 Å². The summed E-state index contributed by atoms with van der Waals surface area (Å²) in [5.41, 5.74) is 5.58. The molecule has 0 aliphatic rings. The summed E-state index contributed by atoms with van der Waals surface area (Å²) in [4.78, 5) is 14.1. The molecule has 7 heteroatoms. The maximum atomic E-state index is 5.58. The van der Waals surface area contributed by atoms with Crippen LogP contribution in [-0.2, 0) is 0 Å². The molecule has 0 bridgehead atoms. The largest absolute Gasteiger partial charge is 0.467 e. The van der Waals surface area contributed by atoms with Crippen LogP contribution < -0.4 is 20.1 Å². The highest BCUT2D eigenvalue weighted by Crippen LogP contribution is 2.15. The molecule has 1 aromatic rings. The predicted molar refractivity (Wildman–Crippen MR) is 64.4 cm³/mol. The number of anilines is 1. The fourth-order valence-electron chi connectivity index (χ4n) is 1.30. The number of nitrogens with zero attached hydrogens (tertiary/aromatic N) is 4. The lowest BCUT2D eigenvalue weighted by Gasteiger charge is -2.20. The van der Waals surface area contributed by atoms with Crippen molar-refractivity contribution in [3.05, 3.63) is 0 Å². The van der Waals surface area contributed by atoms with E-state index in [0.717, 1.165) is 6.54 Å². The molecule has 0 amide bonds. The zero-order valence-corrected chi connectivity index (χ0v) is 10.7. The van der Waals surface area contributed by atoms with Gasteiger partial charge in [-0.25, -0.2) is 0 Å². The maximum Gasteiger partial charge on any atom is 0.324 e. The minimum atomic E-state index is 0.235. The monoisotopic (exact) mass is 241 g/mol. The van der Waals surface area contributed by atoms with Gasteiger partial charge < -0.3 is 20.1 Å². The number of methoxy groups -OCH3 is 2. The Hall–Kier alpha value is -1.63. The van der Waals surface area contributed by atoms with Crippen LogP contribution in [0.5, 0.6) is 12.0 Å². The Morgan fingerprint density at radius 2 is 1.71 bits per heavy atom. The summed E-state index contributed by atoms with van der Waals surface area (Å²) < 4.78 is 9.97. The van der Waals surface area contributed by atoms with E-state index in [1.54, 1.807) is 0 Å². The first-order valence-corrected chi connectivity index (χ1v) is 5.36. The summed E-state index contributed by atoms with van der Waals surface area (Å²) in [6.07, 6.45) is 0. The first-order valence-electron chi connectivity index (χ1n) is 5.36. The summed E-state index contributed by atoms with van der Waals surface area (Å²) in [5, 5.41) is 0. The van der Waals surface area contributed by atoms with Crippen molar-refractivity contribution >= 4 is 5.95 Å². The first kappa shape index (κ1) is 13.4. The van der Waals surface area contributed by atoms with Gasteiger partial charge in [0.15, 0.2) is 0 Å². The second-order valence-corrected chi connectivity index (χ2v) is 3.83. The summed E-state index contributed by atoms with van der Waals surface area (Å²) in [7, 11) is 4.89. The second kappa shape index (κ2) is 6.19. The molecule has 7 nitrogen and oxygen atoms in total. The minimum Gasteiger partial charge on any atom is -0.467 e. The Labute approximate surface area is 101 Å². The molecule has 1 aromatic heterocycles. The van der Waals surface area contributed by atoms with Gasteiger partial charge in [0.2, 0.25) is 5.95 Å². The Morgan fingerprint density at radius 3 is 2.12 bits per heavy atom. The molecule has 0 aliphatic carbocycles. The maximum absolute atomic E-state index is 5.58. The number of rotatable bonds is 6. The fourth-order valence-corrected chi connectivity index (χ4v) is 1.30. The van der Waals surface area contributed by atoms with Crippen molar-refractivity contribution in [2.45, 2.75) is 6.92 Å². The van der Waals surface area contributed by atoms with Crippen molar-refractivity contribution < 1.29 is 9.47 Å². The normalized spacial score (nSPS) is 12.1. The molecular formula is C10H19N5O2. The number of nitrogens with two attached hydrogens (primary N) is 1. The molecule has 1 rings (SSSR count). The standard InChI is InChI=1S/C10H19N5O2/c1-7(5-11)6-15(2)8-12-9(16-3)14-10(13-8)17-4/h7H,5-6,11H2,1-4H3. The van der Waals surface area contributed by atoms with Crippen LogP contribution in [0.25, 0.3) is 0 Å². The average molecular weight is 241 g/mol. The summed E-state index contributed by atoms with van der Waals surface area (Å²) in [5.74, 6) is 0.864. The zero-order valence-electron chi connectivity index (χ0n) is 10.7. The second-order valence-electron chi connectivity index (χ2n) is 3.83. The lowest BCUT2D eigenvalue weighted by atomic mass is 10.2. The highest BCUT2D eigenvalue weighted by Gasteiger charge is 2.12. The molecule has 0 radical (unpaired) electrons. The molecule has 0 aromatic carbocycles. The molecule has 2 N–H and O–H groups in total. The molecule has 0 saturated heterocycles. The predicted octanol–water partition coefficient (Wildman–Crippen LogP) is -0.0802. The molecule has 17 heavy (non-hydrogen) atoms. The third-order valence-corrected chi connectivity index (χ3v) is 2.28. The SMILES string of the molecule is COc1nc(OC)nc(N(C)CC(C)CN)n1. The quantitative estimate of drug-likeness (QED) is 0.745. The van der Waals surface area contributed by atoms with Gasteiger partial charge in [0.05, 0.1) is 14.2 Å². The van der Waals surface area contributed by atoms with Gasteiger partial charge in [-0.3, -0.25) is 0 Å².